The van der Waals surface area contributed by atoms with Gasteiger partial charge in [0.15, 0.2) is 0 Å². The fraction of sp³-hybridized carbons (Fsp3) is 0.250. The quantitative estimate of drug-likeness (QED) is 0.370. The molecule has 0 saturated heterocycles. The molecule has 6 nitrogen and oxygen atoms in total. The molecule has 1 aromatic rings. The molecule has 0 aliphatic carbocycles. The van der Waals surface area contributed by atoms with Crippen LogP contribution in [0.1, 0.15) is 12.0 Å². The Morgan fingerprint density at radius 3 is 2.26 bits per heavy atom. The Kier molecular flexibility index (Phi) is 8.43. The van der Waals surface area contributed by atoms with Crippen molar-refractivity contribution in [3.63, 3.8) is 0 Å². The van der Waals surface area contributed by atoms with Crippen molar-refractivity contribution < 1.29 is 27.1 Å². The van der Waals surface area contributed by atoms with Gasteiger partial charge < -0.3 is 4.74 Å². The first-order valence-electron chi connectivity index (χ1n) is 5.36. The maximum absolute atomic E-state index is 10.7. The number of hydrogen-bond donors (Lipinski definition) is 2. The third kappa shape index (κ3) is 14.2. The highest BCUT2D eigenvalue weighted by atomic mass is 32.3. The molecule has 0 aliphatic rings. The van der Waals surface area contributed by atoms with E-state index in [-0.39, 0.29) is 5.97 Å². The molecule has 1 rings (SSSR count). The van der Waals surface area contributed by atoms with E-state index >= 15 is 0 Å². The fourth-order valence-corrected chi connectivity index (χ4v) is 1.15. The van der Waals surface area contributed by atoms with Crippen LogP contribution in [0.25, 0.3) is 0 Å². The van der Waals surface area contributed by atoms with Crippen LogP contribution in [-0.2, 0) is 26.4 Å². The lowest BCUT2D eigenvalue weighted by Gasteiger charge is -2.01. The second kappa shape index (κ2) is 9.26. The van der Waals surface area contributed by atoms with Crippen molar-refractivity contribution in [3.05, 3.63) is 48.6 Å². The van der Waals surface area contributed by atoms with Crippen molar-refractivity contribution in [3.8, 4) is 0 Å². The molecule has 0 aliphatic heterocycles. The minimum atomic E-state index is -4.67. The van der Waals surface area contributed by atoms with Gasteiger partial charge in [0.05, 0.1) is 6.61 Å². The van der Waals surface area contributed by atoms with Crippen LogP contribution in [0.5, 0.6) is 0 Å². The second-order valence-electron chi connectivity index (χ2n) is 3.41. The number of hydrogen-bond acceptors (Lipinski definition) is 4. The lowest BCUT2D eigenvalue weighted by Crippen LogP contribution is -2.02. The summed E-state index contributed by atoms with van der Waals surface area (Å²) in [6, 6.07) is 10.1. The van der Waals surface area contributed by atoms with Crippen LogP contribution < -0.4 is 0 Å². The van der Waals surface area contributed by atoms with Gasteiger partial charge in [0.1, 0.15) is 0 Å². The zero-order valence-electron chi connectivity index (χ0n) is 10.2. The van der Waals surface area contributed by atoms with Gasteiger partial charge in [0.2, 0.25) is 0 Å². The van der Waals surface area contributed by atoms with Crippen LogP contribution in [0.15, 0.2) is 43.0 Å². The molecule has 0 amide bonds. The molecular formula is C12H16O6S. The molecule has 0 heterocycles. The standard InChI is InChI=1S/C12H14O2.H2O4S/c1-2-12(13)14-10-6-9-11-7-4-3-5-8-11;1-5(2,3)4/h2-5,7-8H,1,6,9-10H2;(H2,1,2,3,4). The summed E-state index contributed by atoms with van der Waals surface area (Å²) in [5.41, 5.74) is 1.27. The predicted octanol–water partition coefficient (Wildman–Crippen LogP) is 1.70. The van der Waals surface area contributed by atoms with E-state index in [4.69, 9.17) is 22.3 Å². The van der Waals surface area contributed by atoms with Gasteiger partial charge in [-0.05, 0) is 18.4 Å². The molecule has 0 radical (unpaired) electrons. The minimum absolute atomic E-state index is 0.349. The van der Waals surface area contributed by atoms with Gasteiger partial charge in [0.25, 0.3) is 0 Å². The van der Waals surface area contributed by atoms with Gasteiger partial charge in [-0.15, -0.1) is 0 Å². The maximum atomic E-state index is 10.7. The zero-order valence-corrected chi connectivity index (χ0v) is 11.0. The highest BCUT2D eigenvalue weighted by Crippen LogP contribution is 2.02. The van der Waals surface area contributed by atoms with E-state index in [1.807, 2.05) is 18.2 Å². The molecule has 0 atom stereocenters. The Morgan fingerprint density at radius 2 is 1.79 bits per heavy atom. The van der Waals surface area contributed by atoms with Gasteiger partial charge >= 0.3 is 16.4 Å². The Bertz CT molecular complexity index is 472. The number of aryl methyl sites for hydroxylation is 1. The SMILES string of the molecule is C=CC(=O)OCCCc1ccccc1.O=S(=O)(O)O. The molecule has 2 N–H and O–H groups in total. The average molecular weight is 288 g/mol. The van der Waals surface area contributed by atoms with Crippen molar-refractivity contribution in [2.75, 3.05) is 6.61 Å². The van der Waals surface area contributed by atoms with E-state index in [1.165, 1.54) is 11.6 Å². The van der Waals surface area contributed by atoms with E-state index in [0.717, 1.165) is 12.8 Å². The molecule has 0 spiro atoms. The van der Waals surface area contributed by atoms with Crippen LogP contribution >= 0.6 is 0 Å². The summed E-state index contributed by atoms with van der Waals surface area (Å²) in [7, 11) is -4.67. The van der Waals surface area contributed by atoms with E-state index in [0.29, 0.717) is 6.61 Å². The number of carbonyl (C=O) groups is 1. The highest BCUT2D eigenvalue weighted by Gasteiger charge is 1.95. The summed E-state index contributed by atoms with van der Waals surface area (Å²) in [5.74, 6) is -0.349. The van der Waals surface area contributed by atoms with E-state index in [2.05, 4.69) is 18.7 Å². The summed E-state index contributed by atoms with van der Waals surface area (Å²) in [6.07, 6.45) is 2.97. The van der Waals surface area contributed by atoms with Crippen molar-refractivity contribution >= 4 is 16.4 Å². The first-order chi connectivity index (χ1) is 8.83. The molecule has 0 saturated carbocycles. The van der Waals surface area contributed by atoms with Crippen molar-refractivity contribution in [1.82, 2.24) is 0 Å². The number of ether oxygens (including phenoxy) is 1. The molecular weight excluding hydrogens is 272 g/mol. The highest BCUT2D eigenvalue weighted by molar-refractivity contribution is 7.79. The van der Waals surface area contributed by atoms with Crippen LogP contribution in [0.2, 0.25) is 0 Å². The van der Waals surface area contributed by atoms with Gasteiger partial charge in [-0.1, -0.05) is 36.9 Å². The minimum Gasteiger partial charge on any atom is -0.463 e. The van der Waals surface area contributed by atoms with Crippen LogP contribution in [0.3, 0.4) is 0 Å². The summed E-state index contributed by atoms with van der Waals surface area (Å²) in [5, 5.41) is 0. The van der Waals surface area contributed by atoms with Gasteiger partial charge in [-0.25, -0.2) is 4.79 Å². The maximum Gasteiger partial charge on any atom is 0.394 e. The van der Waals surface area contributed by atoms with Crippen LogP contribution in [-0.4, -0.2) is 30.1 Å². The molecule has 0 fully saturated rings. The first kappa shape index (κ1) is 17.3. The van der Waals surface area contributed by atoms with Crippen LogP contribution in [0, 0.1) is 0 Å². The normalized spacial score (nSPS) is 10.0. The fourth-order valence-electron chi connectivity index (χ4n) is 1.15. The molecule has 0 aromatic heterocycles. The first-order valence-corrected chi connectivity index (χ1v) is 6.75. The van der Waals surface area contributed by atoms with E-state index < -0.39 is 10.4 Å². The van der Waals surface area contributed by atoms with Gasteiger partial charge in [-0.3, -0.25) is 9.11 Å². The van der Waals surface area contributed by atoms with Gasteiger partial charge in [-0.2, -0.15) is 8.42 Å². The average Bonchev–Trinajstić information content (AvgIpc) is 2.33. The monoisotopic (exact) mass is 288 g/mol. The molecule has 106 valence electrons. The van der Waals surface area contributed by atoms with E-state index in [1.54, 1.807) is 0 Å². The Morgan fingerprint density at radius 1 is 1.26 bits per heavy atom. The largest absolute Gasteiger partial charge is 0.463 e. The third-order valence-corrected chi connectivity index (χ3v) is 1.86. The van der Waals surface area contributed by atoms with E-state index in [9.17, 15) is 4.79 Å². The number of rotatable bonds is 5. The Balaban J connectivity index is 0.000000555. The Labute approximate surface area is 112 Å². The third-order valence-electron chi connectivity index (χ3n) is 1.86. The lowest BCUT2D eigenvalue weighted by atomic mass is 10.1. The lowest BCUT2D eigenvalue weighted by molar-refractivity contribution is -0.137. The number of carbonyl (C=O) groups excluding carboxylic acids is 1. The molecule has 19 heavy (non-hydrogen) atoms. The Hall–Kier alpha value is -1.70. The number of benzene rings is 1. The summed E-state index contributed by atoms with van der Waals surface area (Å²) < 4.78 is 36.4. The predicted molar refractivity (Wildman–Crippen MR) is 70.1 cm³/mol. The summed E-state index contributed by atoms with van der Waals surface area (Å²) in [6.45, 7) is 3.78. The zero-order chi connectivity index (χ0) is 14.7. The molecule has 0 bridgehead atoms. The smallest absolute Gasteiger partial charge is 0.394 e. The summed E-state index contributed by atoms with van der Waals surface area (Å²) >= 11 is 0. The molecule has 1 aromatic carbocycles. The molecule has 7 heteroatoms. The van der Waals surface area contributed by atoms with Crippen molar-refractivity contribution in [2.45, 2.75) is 12.8 Å². The van der Waals surface area contributed by atoms with Crippen molar-refractivity contribution in [2.24, 2.45) is 0 Å². The molecule has 0 unspecified atom stereocenters. The number of esters is 1. The van der Waals surface area contributed by atoms with Gasteiger partial charge in [0, 0.05) is 6.08 Å². The summed E-state index contributed by atoms with van der Waals surface area (Å²) in [4.78, 5) is 10.7. The van der Waals surface area contributed by atoms with Crippen LogP contribution in [0.4, 0.5) is 0 Å². The topological polar surface area (TPSA) is 101 Å². The second-order valence-corrected chi connectivity index (χ2v) is 4.30. The van der Waals surface area contributed by atoms with Crippen molar-refractivity contribution in [1.29, 1.82) is 0 Å².